The number of anilines is 2. The summed E-state index contributed by atoms with van der Waals surface area (Å²) in [5, 5.41) is 2.07. The van der Waals surface area contributed by atoms with Gasteiger partial charge in [0.15, 0.2) is 0 Å². The van der Waals surface area contributed by atoms with Gasteiger partial charge in [0, 0.05) is 0 Å². The van der Waals surface area contributed by atoms with E-state index in [9.17, 15) is 8.42 Å². The maximum Gasteiger partial charge on any atom is 0.268 e. The molecule has 0 aliphatic heterocycles. The molecule has 0 bridgehead atoms. The first kappa shape index (κ1) is 18.3. The topological polar surface area (TPSA) is 37.4 Å². The molecule has 0 saturated heterocycles. The van der Waals surface area contributed by atoms with E-state index in [0.717, 1.165) is 21.9 Å². The van der Waals surface area contributed by atoms with Crippen molar-refractivity contribution >= 4 is 32.2 Å². The summed E-state index contributed by atoms with van der Waals surface area (Å²) in [7, 11) is -3.78. The maximum absolute atomic E-state index is 13.6. The van der Waals surface area contributed by atoms with E-state index in [4.69, 9.17) is 0 Å². The molecule has 4 rings (SSSR count). The molecular formula is C24H21NO2S. The van der Waals surface area contributed by atoms with Gasteiger partial charge in [-0.1, -0.05) is 60.2 Å². The molecule has 0 N–H and O–H groups in total. The molecule has 0 heterocycles. The van der Waals surface area contributed by atoms with Gasteiger partial charge in [-0.2, -0.15) is 0 Å². The molecule has 140 valence electrons. The van der Waals surface area contributed by atoms with Crippen LogP contribution < -0.4 is 4.31 Å². The zero-order valence-corrected chi connectivity index (χ0v) is 16.6. The third-order valence-electron chi connectivity index (χ3n) is 4.76. The lowest BCUT2D eigenvalue weighted by Gasteiger charge is -2.25. The molecule has 0 spiro atoms. The van der Waals surface area contributed by atoms with Crippen LogP contribution in [0.25, 0.3) is 10.8 Å². The highest BCUT2D eigenvalue weighted by Crippen LogP contribution is 2.34. The van der Waals surface area contributed by atoms with Gasteiger partial charge < -0.3 is 0 Å². The minimum Gasteiger partial charge on any atom is -0.234 e. The number of sulfonamides is 1. The van der Waals surface area contributed by atoms with Crippen LogP contribution in [-0.2, 0) is 10.0 Å². The number of hydrogen-bond acceptors (Lipinski definition) is 2. The maximum atomic E-state index is 13.6. The molecule has 0 saturated carbocycles. The summed E-state index contributed by atoms with van der Waals surface area (Å²) in [6.07, 6.45) is 0. The SMILES string of the molecule is Cc1ccc(S(=O)(=O)N(c2cccc(C)c2)c2ccc3ccccc3c2)cc1. The fraction of sp³-hybridized carbons (Fsp3) is 0.0833. The lowest BCUT2D eigenvalue weighted by atomic mass is 10.1. The predicted molar refractivity (Wildman–Crippen MR) is 116 cm³/mol. The summed E-state index contributed by atoms with van der Waals surface area (Å²) < 4.78 is 28.7. The molecule has 28 heavy (non-hydrogen) atoms. The fourth-order valence-corrected chi connectivity index (χ4v) is 4.77. The smallest absolute Gasteiger partial charge is 0.234 e. The van der Waals surface area contributed by atoms with Gasteiger partial charge in [-0.25, -0.2) is 12.7 Å². The Hall–Kier alpha value is -3.11. The normalized spacial score (nSPS) is 11.5. The van der Waals surface area contributed by atoms with Gasteiger partial charge in [-0.15, -0.1) is 0 Å². The van der Waals surface area contributed by atoms with E-state index in [1.807, 2.05) is 92.7 Å². The minimum atomic E-state index is -3.78. The molecule has 3 nitrogen and oxygen atoms in total. The summed E-state index contributed by atoms with van der Waals surface area (Å²) in [6.45, 7) is 3.90. The quantitative estimate of drug-likeness (QED) is 0.432. The Bertz CT molecular complexity index is 1250. The molecule has 0 fully saturated rings. The minimum absolute atomic E-state index is 0.271. The summed E-state index contributed by atoms with van der Waals surface area (Å²) in [4.78, 5) is 0.271. The van der Waals surface area contributed by atoms with Crippen LogP contribution in [0.4, 0.5) is 11.4 Å². The van der Waals surface area contributed by atoms with E-state index in [1.54, 1.807) is 12.1 Å². The van der Waals surface area contributed by atoms with Crippen molar-refractivity contribution in [3.05, 3.63) is 102 Å². The Kier molecular flexibility index (Phi) is 4.65. The molecule has 0 aromatic heterocycles. The molecule has 0 aliphatic carbocycles. The molecular weight excluding hydrogens is 366 g/mol. The second-order valence-corrected chi connectivity index (χ2v) is 8.74. The van der Waals surface area contributed by atoms with Crippen LogP contribution in [0.1, 0.15) is 11.1 Å². The van der Waals surface area contributed by atoms with E-state index in [-0.39, 0.29) is 4.90 Å². The van der Waals surface area contributed by atoms with Crippen molar-refractivity contribution in [1.82, 2.24) is 0 Å². The Labute approximate surface area is 165 Å². The molecule has 4 aromatic carbocycles. The third kappa shape index (κ3) is 3.39. The molecule has 4 heteroatoms. The first-order valence-electron chi connectivity index (χ1n) is 9.13. The van der Waals surface area contributed by atoms with E-state index >= 15 is 0 Å². The lowest BCUT2D eigenvalue weighted by Crippen LogP contribution is -2.26. The lowest BCUT2D eigenvalue weighted by molar-refractivity contribution is 0.596. The zero-order chi connectivity index (χ0) is 19.7. The number of aryl methyl sites for hydroxylation is 2. The monoisotopic (exact) mass is 387 g/mol. The largest absolute Gasteiger partial charge is 0.268 e. The van der Waals surface area contributed by atoms with Crippen molar-refractivity contribution in [3.63, 3.8) is 0 Å². The average Bonchev–Trinajstić information content (AvgIpc) is 2.68. The van der Waals surface area contributed by atoms with Gasteiger partial charge in [0.2, 0.25) is 0 Å². The van der Waals surface area contributed by atoms with Gasteiger partial charge in [0.25, 0.3) is 10.0 Å². The Morgan fingerprint density at radius 2 is 1.29 bits per heavy atom. The van der Waals surface area contributed by atoms with Crippen molar-refractivity contribution in [1.29, 1.82) is 0 Å². The van der Waals surface area contributed by atoms with E-state index in [0.29, 0.717) is 11.4 Å². The zero-order valence-electron chi connectivity index (χ0n) is 15.8. The van der Waals surface area contributed by atoms with Gasteiger partial charge in [-0.05, 0) is 66.6 Å². The van der Waals surface area contributed by atoms with Crippen LogP contribution in [-0.4, -0.2) is 8.42 Å². The Morgan fingerprint density at radius 3 is 2.00 bits per heavy atom. The molecule has 0 unspecified atom stereocenters. The van der Waals surface area contributed by atoms with E-state index < -0.39 is 10.0 Å². The van der Waals surface area contributed by atoms with Crippen molar-refractivity contribution in [2.24, 2.45) is 0 Å². The summed E-state index contributed by atoms with van der Waals surface area (Å²) in [6, 6.07) is 28.2. The summed E-state index contributed by atoms with van der Waals surface area (Å²) in [5.41, 5.74) is 3.26. The van der Waals surface area contributed by atoms with E-state index in [1.165, 1.54) is 4.31 Å². The van der Waals surface area contributed by atoms with Crippen LogP contribution in [0.15, 0.2) is 95.9 Å². The number of nitrogens with zero attached hydrogens (tertiary/aromatic N) is 1. The fourth-order valence-electron chi connectivity index (χ4n) is 3.30. The highest BCUT2D eigenvalue weighted by atomic mass is 32.2. The Balaban J connectivity index is 1.94. The summed E-state index contributed by atoms with van der Waals surface area (Å²) in [5.74, 6) is 0. The average molecular weight is 388 g/mol. The highest BCUT2D eigenvalue weighted by molar-refractivity contribution is 7.93. The van der Waals surface area contributed by atoms with Gasteiger partial charge in [0.05, 0.1) is 16.3 Å². The van der Waals surface area contributed by atoms with Crippen LogP contribution >= 0.6 is 0 Å². The van der Waals surface area contributed by atoms with Crippen LogP contribution in [0, 0.1) is 13.8 Å². The van der Waals surface area contributed by atoms with Gasteiger partial charge >= 0.3 is 0 Å². The molecule has 0 amide bonds. The molecule has 0 atom stereocenters. The standard InChI is InChI=1S/C24H21NO2S/c1-18-10-14-24(15-11-18)28(26,27)25(22-9-5-6-19(2)16-22)23-13-12-20-7-3-4-8-21(20)17-23/h3-17H,1-2H3. The third-order valence-corrected chi connectivity index (χ3v) is 6.53. The van der Waals surface area contributed by atoms with Crippen molar-refractivity contribution in [3.8, 4) is 0 Å². The van der Waals surface area contributed by atoms with E-state index in [2.05, 4.69) is 0 Å². The van der Waals surface area contributed by atoms with Gasteiger partial charge in [0.1, 0.15) is 0 Å². The van der Waals surface area contributed by atoms with Crippen molar-refractivity contribution < 1.29 is 8.42 Å². The highest BCUT2D eigenvalue weighted by Gasteiger charge is 2.27. The molecule has 4 aromatic rings. The second kappa shape index (κ2) is 7.13. The second-order valence-electron chi connectivity index (χ2n) is 6.95. The number of benzene rings is 4. The number of rotatable bonds is 4. The molecule has 0 aliphatic rings. The van der Waals surface area contributed by atoms with Crippen LogP contribution in [0.2, 0.25) is 0 Å². The first-order chi connectivity index (χ1) is 13.4. The Morgan fingerprint density at radius 1 is 0.607 bits per heavy atom. The van der Waals surface area contributed by atoms with Crippen LogP contribution in [0.3, 0.4) is 0 Å². The van der Waals surface area contributed by atoms with Crippen LogP contribution in [0.5, 0.6) is 0 Å². The first-order valence-corrected chi connectivity index (χ1v) is 10.6. The summed E-state index contributed by atoms with van der Waals surface area (Å²) >= 11 is 0. The number of hydrogen-bond donors (Lipinski definition) is 0. The predicted octanol–water partition coefficient (Wildman–Crippen LogP) is 5.98. The number of fused-ring (bicyclic) bond motifs is 1. The molecule has 0 radical (unpaired) electrons. The van der Waals surface area contributed by atoms with Gasteiger partial charge in [-0.3, -0.25) is 0 Å². The van der Waals surface area contributed by atoms with Crippen molar-refractivity contribution in [2.75, 3.05) is 4.31 Å². The van der Waals surface area contributed by atoms with Crippen molar-refractivity contribution in [2.45, 2.75) is 18.7 Å².